The number of ether oxygens (including phenoxy) is 1. The molecule has 1 amide bonds. The number of methoxy groups -OCH3 is 1. The fourth-order valence-corrected chi connectivity index (χ4v) is 2.95. The van der Waals surface area contributed by atoms with Gasteiger partial charge in [-0.25, -0.2) is 4.79 Å². The number of piperidine rings is 1. The molecular weight excluding hydrogens is 346 g/mol. The fraction of sp³-hybridized carbons (Fsp3) is 0.429. The number of benzene rings is 1. The van der Waals surface area contributed by atoms with Crippen LogP contribution >= 0.6 is 27.5 Å². The van der Waals surface area contributed by atoms with Gasteiger partial charge in [-0.3, -0.25) is 4.79 Å². The molecule has 6 heteroatoms. The molecular formula is C14H15BrClNO3. The number of hydrogen-bond acceptors (Lipinski definition) is 3. The SMILES string of the molecule is COC(=O)[C@H]1CCCCN1C(=O)c1cccc(Br)c1Cl. The molecule has 0 saturated carbocycles. The summed E-state index contributed by atoms with van der Waals surface area (Å²) in [5, 5.41) is 0.367. The van der Waals surface area contributed by atoms with E-state index < -0.39 is 6.04 Å². The van der Waals surface area contributed by atoms with Gasteiger partial charge < -0.3 is 9.64 Å². The summed E-state index contributed by atoms with van der Waals surface area (Å²) in [6.45, 7) is 0.543. The minimum Gasteiger partial charge on any atom is -0.467 e. The first kappa shape index (κ1) is 15.3. The number of carbonyl (C=O) groups is 2. The summed E-state index contributed by atoms with van der Waals surface area (Å²) in [5.41, 5.74) is 0.400. The van der Waals surface area contributed by atoms with Gasteiger partial charge in [0.15, 0.2) is 0 Å². The molecule has 0 spiro atoms. The van der Waals surface area contributed by atoms with Crippen LogP contribution in [0.25, 0.3) is 0 Å². The Bertz CT molecular complexity index is 535. The van der Waals surface area contributed by atoms with Gasteiger partial charge in [-0.1, -0.05) is 17.7 Å². The molecule has 1 fully saturated rings. The van der Waals surface area contributed by atoms with E-state index in [1.165, 1.54) is 7.11 Å². The highest BCUT2D eigenvalue weighted by Crippen LogP contribution is 2.29. The largest absolute Gasteiger partial charge is 0.467 e. The van der Waals surface area contributed by atoms with Crippen LogP contribution in [0, 0.1) is 0 Å². The van der Waals surface area contributed by atoms with Crippen molar-refractivity contribution in [3.05, 3.63) is 33.3 Å². The number of halogens is 2. The lowest BCUT2D eigenvalue weighted by atomic mass is 10.0. The first-order valence-corrected chi connectivity index (χ1v) is 7.56. The van der Waals surface area contributed by atoms with E-state index in [0.717, 1.165) is 12.8 Å². The summed E-state index contributed by atoms with van der Waals surface area (Å²) in [6, 6.07) is 4.67. The van der Waals surface area contributed by atoms with E-state index in [-0.39, 0.29) is 11.9 Å². The molecule has 0 unspecified atom stereocenters. The molecule has 1 aromatic carbocycles. The summed E-state index contributed by atoms with van der Waals surface area (Å²) in [6.07, 6.45) is 2.42. The van der Waals surface area contributed by atoms with Crippen molar-refractivity contribution in [1.82, 2.24) is 4.90 Å². The summed E-state index contributed by atoms with van der Waals surface area (Å²) < 4.78 is 5.45. The van der Waals surface area contributed by atoms with E-state index in [2.05, 4.69) is 15.9 Å². The topological polar surface area (TPSA) is 46.6 Å². The number of rotatable bonds is 2. The van der Waals surface area contributed by atoms with Gasteiger partial charge in [0.25, 0.3) is 5.91 Å². The first-order chi connectivity index (χ1) is 9.56. The van der Waals surface area contributed by atoms with Crippen LogP contribution in [0.4, 0.5) is 0 Å². The van der Waals surface area contributed by atoms with Gasteiger partial charge >= 0.3 is 5.97 Å². The molecule has 20 heavy (non-hydrogen) atoms. The Hall–Kier alpha value is -1.07. The van der Waals surface area contributed by atoms with E-state index in [9.17, 15) is 9.59 Å². The van der Waals surface area contributed by atoms with E-state index in [4.69, 9.17) is 16.3 Å². The molecule has 1 aromatic rings. The lowest BCUT2D eigenvalue weighted by Crippen LogP contribution is -2.48. The van der Waals surface area contributed by atoms with E-state index >= 15 is 0 Å². The summed E-state index contributed by atoms with van der Waals surface area (Å²) in [7, 11) is 1.34. The zero-order valence-electron chi connectivity index (χ0n) is 11.1. The van der Waals surface area contributed by atoms with Gasteiger partial charge in [-0.2, -0.15) is 0 Å². The molecule has 0 radical (unpaired) electrons. The lowest BCUT2D eigenvalue weighted by Gasteiger charge is -2.34. The molecule has 2 rings (SSSR count). The number of esters is 1. The molecule has 1 atom stereocenters. The van der Waals surface area contributed by atoms with Crippen molar-refractivity contribution in [2.24, 2.45) is 0 Å². The molecule has 1 aliphatic heterocycles. The molecule has 0 N–H and O–H groups in total. The third-order valence-corrected chi connectivity index (χ3v) is 4.72. The molecule has 0 aliphatic carbocycles. The predicted molar refractivity (Wildman–Crippen MR) is 79.8 cm³/mol. The zero-order chi connectivity index (χ0) is 14.7. The Kier molecular flexibility index (Phi) is 5.05. The Balaban J connectivity index is 2.30. The molecule has 4 nitrogen and oxygen atoms in total. The standard InChI is InChI=1S/C14H15BrClNO3/c1-20-14(19)11-7-2-3-8-17(11)13(18)9-5-4-6-10(15)12(9)16/h4-6,11H,2-3,7-8H2,1H3/t11-/m1/s1. The maximum atomic E-state index is 12.6. The second kappa shape index (κ2) is 6.59. The second-order valence-electron chi connectivity index (χ2n) is 4.63. The normalized spacial score (nSPS) is 18.8. The van der Waals surface area contributed by atoms with Crippen LogP contribution < -0.4 is 0 Å². The highest BCUT2D eigenvalue weighted by Gasteiger charge is 2.34. The van der Waals surface area contributed by atoms with Gasteiger partial charge in [-0.15, -0.1) is 0 Å². The average molecular weight is 361 g/mol. The van der Waals surface area contributed by atoms with Crippen molar-refractivity contribution in [3.8, 4) is 0 Å². The minimum atomic E-state index is -0.517. The summed E-state index contributed by atoms with van der Waals surface area (Å²) >= 11 is 9.46. The quantitative estimate of drug-likeness (QED) is 0.761. The monoisotopic (exact) mass is 359 g/mol. The molecule has 1 heterocycles. The molecule has 0 bridgehead atoms. The van der Waals surface area contributed by atoms with Crippen molar-refractivity contribution >= 4 is 39.4 Å². The smallest absolute Gasteiger partial charge is 0.328 e. The molecule has 108 valence electrons. The van der Waals surface area contributed by atoms with Crippen LogP contribution in [0.5, 0.6) is 0 Å². The van der Waals surface area contributed by atoms with Gasteiger partial charge in [0.05, 0.1) is 17.7 Å². The van der Waals surface area contributed by atoms with Crippen LogP contribution in [0.3, 0.4) is 0 Å². The number of amides is 1. The Labute approximate surface area is 131 Å². The fourth-order valence-electron chi connectivity index (χ4n) is 2.38. The van der Waals surface area contributed by atoms with Crippen LogP contribution in [-0.2, 0) is 9.53 Å². The molecule has 0 aromatic heterocycles. The minimum absolute atomic E-state index is 0.230. The highest BCUT2D eigenvalue weighted by molar-refractivity contribution is 9.10. The highest BCUT2D eigenvalue weighted by atomic mass is 79.9. The van der Waals surface area contributed by atoms with Gasteiger partial charge in [0.1, 0.15) is 6.04 Å². The zero-order valence-corrected chi connectivity index (χ0v) is 13.4. The van der Waals surface area contributed by atoms with E-state index in [0.29, 0.717) is 28.0 Å². The molecule has 1 saturated heterocycles. The third-order valence-electron chi connectivity index (χ3n) is 3.42. The van der Waals surface area contributed by atoms with Crippen molar-refractivity contribution < 1.29 is 14.3 Å². The van der Waals surface area contributed by atoms with Crippen LogP contribution in [0.15, 0.2) is 22.7 Å². The van der Waals surface area contributed by atoms with Crippen LogP contribution in [0.2, 0.25) is 5.02 Å². The second-order valence-corrected chi connectivity index (χ2v) is 5.87. The average Bonchev–Trinajstić information content (AvgIpc) is 2.48. The van der Waals surface area contributed by atoms with Crippen molar-refractivity contribution in [1.29, 1.82) is 0 Å². The summed E-state index contributed by atoms with van der Waals surface area (Å²) in [4.78, 5) is 26.0. The van der Waals surface area contributed by atoms with E-state index in [1.54, 1.807) is 23.1 Å². The maximum Gasteiger partial charge on any atom is 0.328 e. The van der Waals surface area contributed by atoms with Crippen molar-refractivity contribution in [2.75, 3.05) is 13.7 Å². The number of hydrogen-bond donors (Lipinski definition) is 0. The Morgan fingerprint density at radius 3 is 2.85 bits per heavy atom. The Morgan fingerprint density at radius 2 is 2.15 bits per heavy atom. The number of carbonyl (C=O) groups excluding carboxylic acids is 2. The van der Waals surface area contributed by atoms with Crippen molar-refractivity contribution in [3.63, 3.8) is 0 Å². The van der Waals surface area contributed by atoms with Gasteiger partial charge in [-0.05, 0) is 47.3 Å². The lowest BCUT2D eigenvalue weighted by molar-refractivity contribution is -0.147. The van der Waals surface area contributed by atoms with Gasteiger partial charge in [0, 0.05) is 11.0 Å². The summed E-state index contributed by atoms with van der Waals surface area (Å²) in [5.74, 6) is -0.601. The van der Waals surface area contributed by atoms with Crippen molar-refractivity contribution in [2.45, 2.75) is 25.3 Å². The number of likely N-dealkylation sites (tertiary alicyclic amines) is 1. The molecule has 1 aliphatic rings. The third kappa shape index (κ3) is 2.99. The first-order valence-electron chi connectivity index (χ1n) is 6.39. The van der Waals surface area contributed by atoms with E-state index in [1.807, 2.05) is 0 Å². The number of nitrogens with zero attached hydrogens (tertiary/aromatic N) is 1. The van der Waals surface area contributed by atoms with Crippen LogP contribution in [-0.4, -0.2) is 36.5 Å². The maximum absolute atomic E-state index is 12.6. The van der Waals surface area contributed by atoms with Gasteiger partial charge in [0.2, 0.25) is 0 Å². The Morgan fingerprint density at radius 1 is 1.40 bits per heavy atom. The van der Waals surface area contributed by atoms with Crippen LogP contribution in [0.1, 0.15) is 29.6 Å². The predicted octanol–water partition coefficient (Wildman–Crippen LogP) is 3.27.